The van der Waals surface area contributed by atoms with E-state index in [0.29, 0.717) is 12.5 Å². The molecule has 0 saturated carbocycles. The van der Waals surface area contributed by atoms with E-state index in [-0.39, 0.29) is 12.1 Å². The highest BCUT2D eigenvalue weighted by Crippen LogP contribution is 2.34. The minimum absolute atomic E-state index is 0.138. The molecule has 6 heteroatoms. The van der Waals surface area contributed by atoms with Gasteiger partial charge in [-0.05, 0) is 41.7 Å². The van der Waals surface area contributed by atoms with Crippen molar-refractivity contribution in [3.63, 3.8) is 0 Å². The molecule has 0 aliphatic carbocycles. The van der Waals surface area contributed by atoms with Gasteiger partial charge in [0, 0.05) is 13.7 Å². The van der Waals surface area contributed by atoms with Crippen LogP contribution in [0.2, 0.25) is 0 Å². The molecule has 1 aliphatic rings. The molecule has 0 bridgehead atoms. The van der Waals surface area contributed by atoms with Crippen LogP contribution in [0.4, 0.5) is 10.5 Å². The minimum Gasteiger partial charge on any atom is -0.447 e. The average Bonchev–Trinajstić information content (AvgIpc) is 3.31. The second-order valence-corrected chi connectivity index (χ2v) is 6.92. The standard InChI is InChI=1S/C21H23N3O3/c1-14(9-10-26-2)15-3-5-16(6-4-15)20-12-27-21(25)24(20)17-7-8-18-19(11-17)23-13-22-18/h3-8,11,13-14,20H,9-10,12H2,1-2H3,(H,22,23). The summed E-state index contributed by atoms with van der Waals surface area (Å²) >= 11 is 0. The van der Waals surface area contributed by atoms with E-state index in [1.807, 2.05) is 18.2 Å². The predicted molar refractivity (Wildman–Crippen MR) is 104 cm³/mol. The van der Waals surface area contributed by atoms with E-state index >= 15 is 0 Å². The Labute approximate surface area is 158 Å². The lowest BCUT2D eigenvalue weighted by Gasteiger charge is -2.22. The second-order valence-electron chi connectivity index (χ2n) is 6.92. The molecule has 27 heavy (non-hydrogen) atoms. The summed E-state index contributed by atoms with van der Waals surface area (Å²) in [7, 11) is 1.72. The molecule has 2 unspecified atom stereocenters. The van der Waals surface area contributed by atoms with Crippen LogP contribution >= 0.6 is 0 Å². The first kappa shape index (κ1) is 17.5. The Morgan fingerprint density at radius 2 is 2.11 bits per heavy atom. The molecule has 2 aromatic carbocycles. The number of aromatic amines is 1. The number of fused-ring (bicyclic) bond motifs is 1. The fourth-order valence-electron chi connectivity index (χ4n) is 3.53. The fourth-order valence-corrected chi connectivity index (χ4v) is 3.53. The van der Waals surface area contributed by atoms with E-state index < -0.39 is 0 Å². The third kappa shape index (κ3) is 3.40. The summed E-state index contributed by atoms with van der Waals surface area (Å²) in [5, 5.41) is 0. The van der Waals surface area contributed by atoms with Crippen molar-refractivity contribution in [2.24, 2.45) is 0 Å². The number of anilines is 1. The van der Waals surface area contributed by atoms with Gasteiger partial charge in [0.15, 0.2) is 0 Å². The highest BCUT2D eigenvalue weighted by molar-refractivity contribution is 5.93. The molecule has 140 valence electrons. The van der Waals surface area contributed by atoms with Crippen molar-refractivity contribution in [3.05, 3.63) is 59.9 Å². The fraction of sp³-hybridized carbons (Fsp3) is 0.333. The van der Waals surface area contributed by atoms with Crippen LogP contribution in [0.1, 0.15) is 36.4 Å². The number of nitrogens with zero attached hydrogens (tertiary/aromatic N) is 2. The smallest absolute Gasteiger partial charge is 0.415 e. The molecule has 2 heterocycles. The van der Waals surface area contributed by atoms with E-state index in [2.05, 4.69) is 41.2 Å². The van der Waals surface area contributed by atoms with Crippen molar-refractivity contribution in [2.75, 3.05) is 25.2 Å². The van der Waals surface area contributed by atoms with Crippen molar-refractivity contribution in [1.29, 1.82) is 0 Å². The summed E-state index contributed by atoms with van der Waals surface area (Å²) in [4.78, 5) is 21.4. The van der Waals surface area contributed by atoms with E-state index in [0.717, 1.165) is 35.3 Å². The van der Waals surface area contributed by atoms with Crippen LogP contribution < -0.4 is 4.90 Å². The Bertz CT molecular complexity index is 935. The number of cyclic esters (lactones) is 1. The van der Waals surface area contributed by atoms with Gasteiger partial charge in [-0.1, -0.05) is 31.2 Å². The van der Waals surface area contributed by atoms with Gasteiger partial charge in [0.25, 0.3) is 0 Å². The molecule has 0 spiro atoms. The molecule has 1 N–H and O–H groups in total. The lowest BCUT2D eigenvalue weighted by molar-refractivity contribution is 0.179. The summed E-state index contributed by atoms with van der Waals surface area (Å²) in [6.45, 7) is 3.29. The number of amides is 1. The van der Waals surface area contributed by atoms with Gasteiger partial charge in [-0.15, -0.1) is 0 Å². The number of hydrogen-bond acceptors (Lipinski definition) is 4. The van der Waals surface area contributed by atoms with Gasteiger partial charge in [-0.25, -0.2) is 9.78 Å². The van der Waals surface area contributed by atoms with Gasteiger partial charge in [0.1, 0.15) is 6.61 Å². The van der Waals surface area contributed by atoms with Crippen molar-refractivity contribution in [2.45, 2.75) is 25.3 Å². The third-order valence-corrected chi connectivity index (χ3v) is 5.20. The first-order valence-corrected chi connectivity index (χ1v) is 9.15. The van der Waals surface area contributed by atoms with Crippen LogP contribution in [0.5, 0.6) is 0 Å². The van der Waals surface area contributed by atoms with Gasteiger partial charge in [-0.3, -0.25) is 4.90 Å². The van der Waals surface area contributed by atoms with Gasteiger partial charge < -0.3 is 14.5 Å². The topological polar surface area (TPSA) is 67.5 Å². The van der Waals surface area contributed by atoms with Crippen molar-refractivity contribution < 1.29 is 14.3 Å². The predicted octanol–water partition coefficient (Wildman–Crippen LogP) is 4.40. The summed E-state index contributed by atoms with van der Waals surface area (Å²) in [5.41, 5.74) is 4.90. The van der Waals surface area contributed by atoms with Gasteiger partial charge in [-0.2, -0.15) is 0 Å². The molecule has 1 aromatic heterocycles. The van der Waals surface area contributed by atoms with Crippen molar-refractivity contribution in [3.8, 4) is 0 Å². The van der Waals surface area contributed by atoms with Gasteiger partial charge in [0.2, 0.25) is 0 Å². The summed E-state index contributed by atoms with van der Waals surface area (Å²) in [5.74, 6) is 0.430. The molecular weight excluding hydrogens is 342 g/mol. The molecule has 1 fully saturated rings. The van der Waals surface area contributed by atoms with Crippen LogP contribution in [-0.4, -0.2) is 36.4 Å². The van der Waals surface area contributed by atoms with Crippen LogP contribution in [0.3, 0.4) is 0 Å². The SMILES string of the molecule is COCCC(C)c1ccc(C2COC(=O)N2c2ccc3nc[nH]c3c2)cc1. The normalized spacial score (nSPS) is 18.1. The number of methoxy groups -OCH3 is 1. The van der Waals surface area contributed by atoms with E-state index in [1.54, 1.807) is 18.3 Å². The maximum absolute atomic E-state index is 12.4. The van der Waals surface area contributed by atoms with E-state index in [1.165, 1.54) is 5.56 Å². The molecule has 1 amide bonds. The molecule has 1 aliphatic heterocycles. The largest absolute Gasteiger partial charge is 0.447 e. The zero-order valence-electron chi connectivity index (χ0n) is 15.5. The Morgan fingerprint density at radius 1 is 1.30 bits per heavy atom. The number of H-pyrrole nitrogens is 1. The molecular formula is C21H23N3O3. The number of benzene rings is 2. The van der Waals surface area contributed by atoms with Gasteiger partial charge in [0.05, 0.1) is 29.1 Å². The maximum atomic E-state index is 12.4. The Balaban J connectivity index is 1.59. The number of nitrogens with one attached hydrogen (secondary N) is 1. The highest BCUT2D eigenvalue weighted by Gasteiger charge is 2.35. The number of aromatic nitrogens is 2. The monoisotopic (exact) mass is 365 g/mol. The molecule has 6 nitrogen and oxygen atoms in total. The molecule has 2 atom stereocenters. The number of carbonyl (C=O) groups excluding carboxylic acids is 1. The van der Waals surface area contributed by atoms with Crippen LogP contribution in [0.25, 0.3) is 11.0 Å². The summed E-state index contributed by atoms with van der Waals surface area (Å²) in [6.07, 6.45) is 2.31. The van der Waals surface area contributed by atoms with Gasteiger partial charge >= 0.3 is 6.09 Å². The number of rotatable bonds is 6. The van der Waals surface area contributed by atoms with Crippen LogP contribution in [0, 0.1) is 0 Å². The average molecular weight is 365 g/mol. The van der Waals surface area contributed by atoms with Crippen molar-refractivity contribution >= 4 is 22.8 Å². The number of carbonyl (C=O) groups is 1. The van der Waals surface area contributed by atoms with Crippen molar-refractivity contribution in [1.82, 2.24) is 9.97 Å². The first-order valence-electron chi connectivity index (χ1n) is 9.15. The quantitative estimate of drug-likeness (QED) is 0.703. The molecule has 0 radical (unpaired) electrons. The minimum atomic E-state index is -0.323. The lowest BCUT2D eigenvalue weighted by atomic mass is 9.95. The Morgan fingerprint density at radius 3 is 2.89 bits per heavy atom. The molecule has 4 rings (SSSR count). The number of imidazole rings is 1. The number of hydrogen-bond donors (Lipinski definition) is 1. The van der Waals surface area contributed by atoms with E-state index in [9.17, 15) is 4.79 Å². The summed E-state index contributed by atoms with van der Waals surface area (Å²) in [6, 6.07) is 14.1. The summed E-state index contributed by atoms with van der Waals surface area (Å²) < 4.78 is 10.5. The lowest BCUT2D eigenvalue weighted by Crippen LogP contribution is -2.27. The maximum Gasteiger partial charge on any atom is 0.415 e. The second kappa shape index (κ2) is 7.40. The zero-order valence-corrected chi connectivity index (χ0v) is 15.5. The molecule has 1 saturated heterocycles. The Kier molecular flexibility index (Phi) is 4.81. The van der Waals surface area contributed by atoms with E-state index in [4.69, 9.17) is 9.47 Å². The number of ether oxygens (including phenoxy) is 2. The third-order valence-electron chi connectivity index (χ3n) is 5.20. The van der Waals surface area contributed by atoms with Crippen LogP contribution in [-0.2, 0) is 9.47 Å². The molecule has 3 aromatic rings. The Hall–Kier alpha value is -2.86. The van der Waals surface area contributed by atoms with Crippen LogP contribution in [0.15, 0.2) is 48.8 Å². The first-order chi connectivity index (χ1) is 13.2. The zero-order chi connectivity index (χ0) is 18.8. The highest BCUT2D eigenvalue weighted by atomic mass is 16.6.